The fraction of sp³-hybridized carbons (Fsp3) is 0.462. The first-order chi connectivity index (χ1) is 8.20. The molecule has 0 spiro atoms. The van der Waals surface area contributed by atoms with E-state index in [4.69, 9.17) is 10.8 Å². The lowest BCUT2D eigenvalue weighted by Crippen LogP contribution is -2.36. The zero-order valence-electron chi connectivity index (χ0n) is 9.73. The molecule has 17 heavy (non-hydrogen) atoms. The van der Waals surface area contributed by atoms with Gasteiger partial charge >= 0.3 is 5.97 Å². The maximum atomic E-state index is 10.7. The lowest BCUT2D eigenvalue weighted by Gasteiger charge is -2.29. The monoisotopic (exact) mass is 234 g/mol. The molecule has 1 fully saturated rings. The Balaban J connectivity index is 2.01. The SMILES string of the molecule is NCC1CCC(c2ccc(C(=O)O)cc2)NC1. The Kier molecular flexibility index (Phi) is 3.76. The Bertz CT molecular complexity index is 381. The molecule has 0 aromatic heterocycles. The third-order valence-electron chi connectivity index (χ3n) is 3.41. The van der Waals surface area contributed by atoms with Gasteiger partial charge in [0.05, 0.1) is 5.56 Å². The summed E-state index contributed by atoms with van der Waals surface area (Å²) < 4.78 is 0. The second-order valence-corrected chi connectivity index (χ2v) is 4.57. The number of carboxylic acids is 1. The number of nitrogens with two attached hydrogens (primary N) is 1. The van der Waals surface area contributed by atoms with Gasteiger partial charge in [-0.05, 0) is 49.5 Å². The molecule has 1 aromatic carbocycles. The van der Waals surface area contributed by atoms with E-state index < -0.39 is 5.97 Å². The molecule has 0 aliphatic carbocycles. The van der Waals surface area contributed by atoms with Crippen LogP contribution in [-0.4, -0.2) is 24.2 Å². The summed E-state index contributed by atoms with van der Waals surface area (Å²) >= 11 is 0. The number of hydrogen-bond acceptors (Lipinski definition) is 3. The molecular weight excluding hydrogens is 216 g/mol. The summed E-state index contributed by atoms with van der Waals surface area (Å²) in [5, 5.41) is 12.3. The van der Waals surface area contributed by atoms with Crippen LogP contribution < -0.4 is 11.1 Å². The molecule has 2 unspecified atom stereocenters. The van der Waals surface area contributed by atoms with Crippen LogP contribution in [0.4, 0.5) is 0 Å². The lowest BCUT2D eigenvalue weighted by molar-refractivity contribution is 0.0697. The first-order valence-electron chi connectivity index (χ1n) is 5.97. The Labute approximate surface area is 101 Å². The van der Waals surface area contributed by atoms with Gasteiger partial charge in [0.2, 0.25) is 0 Å². The van der Waals surface area contributed by atoms with Crippen molar-refractivity contribution in [2.45, 2.75) is 18.9 Å². The number of benzene rings is 1. The summed E-state index contributed by atoms with van der Waals surface area (Å²) in [6, 6.07) is 7.44. The lowest BCUT2D eigenvalue weighted by atomic mass is 9.91. The van der Waals surface area contributed by atoms with Gasteiger partial charge in [-0.2, -0.15) is 0 Å². The predicted molar refractivity (Wildman–Crippen MR) is 65.9 cm³/mol. The van der Waals surface area contributed by atoms with Crippen molar-refractivity contribution in [2.75, 3.05) is 13.1 Å². The normalized spacial score (nSPS) is 24.5. The van der Waals surface area contributed by atoms with Gasteiger partial charge in [0.1, 0.15) is 0 Å². The van der Waals surface area contributed by atoms with E-state index in [9.17, 15) is 4.79 Å². The molecule has 4 nitrogen and oxygen atoms in total. The Morgan fingerprint density at radius 2 is 2.06 bits per heavy atom. The Morgan fingerprint density at radius 1 is 1.35 bits per heavy atom. The molecule has 4 heteroatoms. The number of piperidine rings is 1. The smallest absolute Gasteiger partial charge is 0.335 e. The number of nitrogens with one attached hydrogen (secondary N) is 1. The van der Waals surface area contributed by atoms with Gasteiger partial charge in [0.15, 0.2) is 0 Å². The first kappa shape index (κ1) is 12.1. The summed E-state index contributed by atoms with van der Waals surface area (Å²) in [4.78, 5) is 10.7. The van der Waals surface area contributed by atoms with Crippen molar-refractivity contribution in [3.05, 3.63) is 35.4 Å². The zero-order valence-corrected chi connectivity index (χ0v) is 9.73. The van der Waals surface area contributed by atoms with Crippen LogP contribution in [-0.2, 0) is 0 Å². The van der Waals surface area contributed by atoms with E-state index in [1.165, 1.54) is 0 Å². The molecule has 1 saturated heterocycles. The molecule has 1 aliphatic heterocycles. The van der Waals surface area contributed by atoms with Crippen LogP contribution in [0.15, 0.2) is 24.3 Å². The van der Waals surface area contributed by atoms with E-state index in [0.29, 0.717) is 17.5 Å². The number of aromatic carboxylic acids is 1. The highest BCUT2D eigenvalue weighted by molar-refractivity contribution is 5.87. The van der Waals surface area contributed by atoms with Crippen molar-refractivity contribution in [1.82, 2.24) is 5.32 Å². The van der Waals surface area contributed by atoms with E-state index >= 15 is 0 Å². The molecule has 0 radical (unpaired) electrons. The van der Waals surface area contributed by atoms with Crippen LogP contribution in [0, 0.1) is 5.92 Å². The molecule has 4 N–H and O–H groups in total. The van der Waals surface area contributed by atoms with Crippen LogP contribution >= 0.6 is 0 Å². The molecule has 0 saturated carbocycles. The van der Waals surface area contributed by atoms with Crippen LogP contribution in [0.25, 0.3) is 0 Å². The minimum Gasteiger partial charge on any atom is -0.478 e. The highest BCUT2D eigenvalue weighted by Gasteiger charge is 2.20. The van der Waals surface area contributed by atoms with E-state index in [1.807, 2.05) is 12.1 Å². The van der Waals surface area contributed by atoms with Gasteiger partial charge in [-0.15, -0.1) is 0 Å². The van der Waals surface area contributed by atoms with Crippen molar-refractivity contribution in [3.63, 3.8) is 0 Å². The molecule has 92 valence electrons. The Hall–Kier alpha value is -1.39. The van der Waals surface area contributed by atoms with Gasteiger partial charge in [-0.1, -0.05) is 12.1 Å². The molecular formula is C13H18N2O2. The molecule has 2 atom stereocenters. The van der Waals surface area contributed by atoms with Crippen molar-refractivity contribution in [3.8, 4) is 0 Å². The van der Waals surface area contributed by atoms with Crippen LogP contribution in [0.5, 0.6) is 0 Å². The second kappa shape index (κ2) is 5.29. The molecule has 1 aromatic rings. The molecule has 0 amide bonds. The van der Waals surface area contributed by atoms with Crippen molar-refractivity contribution in [1.29, 1.82) is 0 Å². The van der Waals surface area contributed by atoms with Gasteiger partial charge in [0, 0.05) is 6.04 Å². The van der Waals surface area contributed by atoms with Gasteiger partial charge in [-0.25, -0.2) is 4.79 Å². The van der Waals surface area contributed by atoms with Crippen molar-refractivity contribution in [2.24, 2.45) is 11.7 Å². The zero-order chi connectivity index (χ0) is 12.3. The maximum Gasteiger partial charge on any atom is 0.335 e. The quantitative estimate of drug-likeness (QED) is 0.738. The largest absolute Gasteiger partial charge is 0.478 e. The maximum absolute atomic E-state index is 10.7. The number of carbonyl (C=O) groups is 1. The summed E-state index contributed by atoms with van der Waals surface area (Å²) in [6.45, 7) is 1.68. The predicted octanol–water partition coefficient (Wildman–Crippen LogP) is 1.38. The number of rotatable bonds is 3. The summed E-state index contributed by atoms with van der Waals surface area (Å²) in [5.74, 6) is -0.305. The average molecular weight is 234 g/mol. The van der Waals surface area contributed by atoms with Gasteiger partial charge < -0.3 is 16.2 Å². The van der Waals surface area contributed by atoms with E-state index in [2.05, 4.69) is 5.32 Å². The molecule has 1 heterocycles. The minimum absolute atomic E-state index is 0.334. The van der Waals surface area contributed by atoms with Crippen molar-refractivity contribution >= 4 is 5.97 Å². The highest BCUT2D eigenvalue weighted by atomic mass is 16.4. The fourth-order valence-electron chi connectivity index (χ4n) is 2.26. The first-order valence-corrected chi connectivity index (χ1v) is 5.97. The molecule has 1 aliphatic rings. The highest BCUT2D eigenvalue weighted by Crippen LogP contribution is 2.25. The van der Waals surface area contributed by atoms with Crippen LogP contribution in [0.1, 0.15) is 34.8 Å². The summed E-state index contributed by atoms with van der Waals surface area (Å²) in [7, 11) is 0. The van der Waals surface area contributed by atoms with Crippen LogP contribution in [0.3, 0.4) is 0 Å². The third kappa shape index (κ3) is 2.84. The van der Waals surface area contributed by atoms with E-state index in [0.717, 1.165) is 31.5 Å². The standard InChI is InChI=1S/C13H18N2O2/c14-7-9-1-6-12(15-8-9)10-2-4-11(5-3-10)13(16)17/h2-5,9,12,15H,1,6-8,14H2,(H,16,17). The van der Waals surface area contributed by atoms with E-state index in [1.54, 1.807) is 12.1 Å². The summed E-state index contributed by atoms with van der Waals surface area (Å²) in [5.41, 5.74) is 7.13. The summed E-state index contributed by atoms with van der Waals surface area (Å²) in [6.07, 6.45) is 2.20. The Morgan fingerprint density at radius 3 is 2.53 bits per heavy atom. The molecule has 0 bridgehead atoms. The van der Waals surface area contributed by atoms with Gasteiger partial charge in [0.25, 0.3) is 0 Å². The average Bonchev–Trinajstić information content (AvgIpc) is 2.39. The topological polar surface area (TPSA) is 75.4 Å². The number of carboxylic acid groups (broad SMARTS) is 1. The fourth-order valence-corrected chi connectivity index (χ4v) is 2.26. The number of hydrogen-bond donors (Lipinski definition) is 3. The van der Waals surface area contributed by atoms with Crippen molar-refractivity contribution < 1.29 is 9.90 Å². The third-order valence-corrected chi connectivity index (χ3v) is 3.41. The molecule has 2 rings (SSSR count). The van der Waals surface area contributed by atoms with E-state index in [-0.39, 0.29) is 0 Å². The second-order valence-electron chi connectivity index (χ2n) is 4.57. The van der Waals surface area contributed by atoms with Gasteiger partial charge in [-0.3, -0.25) is 0 Å². The van der Waals surface area contributed by atoms with Crippen LogP contribution in [0.2, 0.25) is 0 Å². The minimum atomic E-state index is -0.878.